The standard InChI is InChI=1S/C16H22O3/c1-3-5-6-11-14-12(17)9-10-7-8-13(19-15(11)18)16(10,14)4-2/h10,13H,3-9H2,1-2H3/t10-,13-,16+/m1/s1. The highest BCUT2D eigenvalue weighted by Gasteiger charge is 2.62. The third kappa shape index (κ3) is 1.56. The number of hydrogen-bond donors (Lipinski definition) is 0. The summed E-state index contributed by atoms with van der Waals surface area (Å²) in [6.07, 6.45) is 6.17. The minimum Gasteiger partial charge on any atom is -0.458 e. The largest absolute Gasteiger partial charge is 0.458 e. The molecular formula is C16H22O3. The van der Waals surface area contributed by atoms with E-state index in [4.69, 9.17) is 4.74 Å². The topological polar surface area (TPSA) is 43.4 Å². The Morgan fingerprint density at radius 2 is 2.05 bits per heavy atom. The summed E-state index contributed by atoms with van der Waals surface area (Å²) in [5.41, 5.74) is 1.44. The maximum atomic E-state index is 12.4. The van der Waals surface area contributed by atoms with Gasteiger partial charge < -0.3 is 4.74 Å². The molecule has 0 saturated heterocycles. The van der Waals surface area contributed by atoms with Crippen LogP contribution in [0.3, 0.4) is 0 Å². The molecule has 1 heterocycles. The molecule has 0 amide bonds. The van der Waals surface area contributed by atoms with Gasteiger partial charge in [0.2, 0.25) is 0 Å². The summed E-state index contributed by atoms with van der Waals surface area (Å²) in [7, 11) is 0. The molecular weight excluding hydrogens is 240 g/mol. The predicted octanol–water partition coefficient (Wildman–Crippen LogP) is 3.18. The molecule has 3 nitrogen and oxygen atoms in total. The fraction of sp³-hybridized carbons (Fsp3) is 0.750. The number of unbranched alkanes of at least 4 members (excludes halogenated alkanes) is 1. The molecule has 0 aromatic heterocycles. The molecule has 104 valence electrons. The van der Waals surface area contributed by atoms with Crippen LogP contribution >= 0.6 is 0 Å². The molecule has 19 heavy (non-hydrogen) atoms. The quantitative estimate of drug-likeness (QED) is 0.731. The Hall–Kier alpha value is -1.12. The zero-order chi connectivity index (χ0) is 13.6. The molecule has 2 aliphatic carbocycles. The number of carbonyl (C=O) groups is 2. The molecule has 3 heteroatoms. The van der Waals surface area contributed by atoms with Gasteiger partial charge in [0.25, 0.3) is 0 Å². The first kappa shape index (κ1) is 12.9. The van der Waals surface area contributed by atoms with Crippen molar-refractivity contribution >= 4 is 11.8 Å². The Morgan fingerprint density at radius 1 is 1.26 bits per heavy atom. The lowest BCUT2D eigenvalue weighted by atomic mass is 9.70. The molecule has 3 rings (SSSR count). The molecule has 0 N–H and O–H groups in total. The summed E-state index contributed by atoms with van der Waals surface area (Å²) < 4.78 is 5.69. The predicted molar refractivity (Wildman–Crippen MR) is 71.5 cm³/mol. The average molecular weight is 262 g/mol. The fourth-order valence-corrected chi connectivity index (χ4v) is 4.55. The summed E-state index contributed by atoms with van der Waals surface area (Å²) in [5, 5.41) is 0. The second-order valence-corrected chi connectivity index (χ2v) is 6.15. The van der Waals surface area contributed by atoms with Crippen LogP contribution in [0.2, 0.25) is 0 Å². The van der Waals surface area contributed by atoms with Gasteiger partial charge in [-0.05, 0) is 38.0 Å². The molecule has 3 aliphatic rings. The maximum Gasteiger partial charge on any atom is 0.334 e. The lowest BCUT2D eigenvalue weighted by molar-refractivity contribution is -0.152. The zero-order valence-corrected chi connectivity index (χ0v) is 11.8. The van der Waals surface area contributed by atoms with E-state index in [0.717, 1.165) is 37.7 Å². The van der Waals surface area contributed by atoms with Crippen LogP contribution < -0.4 is 0 Å². The number of ether oxygens (including phenoxy) is 1. The highest BCUT2D eigenvalue weighted by molar-refractivity contribution is 6.08. The first-order valence-electron chi connectivity index (χ1n) is 7.63. The summed E-state index contributed by atoms with van der Waals surface area (Å²) in [5.74, 6) is 0.419. The highest BCUT2D eigenvalue weighted by atomic mass is 16.5. The Bertz CT molecular complexity index is 463. The van der Waals surface area contributed by atoms with E-state index in [2.05, 4.69) is 13.8 Å². The van der Waals surface area contributed by atoms with E-state index in [1.165, 1.54) is 0 Å². The number of carbonyl (C=O) groups excluding carboxylic acids is 2. The summed E-state index contributed by atoms with van der Waals surface area (Å²) in [4.78, 5) is 24.6. The van der Waals surface area contributed by atoms with Crippen molar-refractivity contribution in [2.75, 3.05) is 0 Å². The van der Waals surface area contributed by atoms with Crippen LogP contribution in [0, 0.1) is 11.3 Å². The van der Waals surface area contributed by atoms with Crippen LogP contribution in [0.1, 0.15) is 58.8 Å². The minimum absolute atomic E-state index is 0.0400. The number of rotatable bonds is 4. The summed E-state index contributed by atoms with van der Waals surface area (Å²) in [6, 6.07) is 0. The van der Waals surface area contributed by atoms with Gasteiger partial charge in [-0.1, -0.05) is 20.3 Å². The summed E-state index contributed by atoms with van der Waals surface area (Å²) >= 11 is 0. The second kappa shape index (κ2) is 4.46. The van der Waals surface area contributed by atoms with Crippen molar-refractivity contribution < 1.29 is 14.3 Å². The van der Waals surface area contributed by atoms with Gasteiger partial charge in [0.15, 0.2) is 5.78 Å². The Labute approximate surface area is 114 Å². The van der Waals surface area contributed by atoms with Crippen LogP contribution in [-0.4, -0.2) is 17.9 Å². The van der Waals surface area contributed by atoms with E-state index in [0.29, 0.717) is 24.3 Å². The minimum atomic E-state index is -0.214. The van der Waals surface area contributed by atoms with Gasteiger partial charge in [-0.25, -0.2) is 4.79 Å². The van der Waals surface area contributed by atoms with Gasteiger partial charge in [0.05, 0.1) is 0 Å². The third-order valence-corrected chi connectivity index (χ3v) is 5.42. The molecule has 2 saturated carbocycles. The van der Waals surface area contributed by atoms with Gasteiger partial charge in [-0.2, -0.15) is 0 Å². The number of ketones is 1. The Morgan fingerprint density at radius 3 is 2.74 bits per heavy atom. The monoisotopic (exact) mass is 262 g/mol. The second-order valence-electron chi connectivity index (χ2n) is 6.15. The number of esters is 1. The van der Waals surface area contributed by atoms with Crippen LogP contribution in [0.4, 0.5) is 0 Å². The van der Waals surface area contributed by atoms with Crippen LogP contribution in [-0.2, 0) is 14.3 Å². The molecule has 3 atom stereocenters. The lowest BCUT2D eigenvalue weighted by Gasteiger charge is -2.39. The highest BCUT2D eigenvalue weighted by Crippen LogP contribution is 2.61. The average Bonchev–Trinajstić information content (AvgIpc) is 2.88. The SMILES string of the molecule is CCCCC1=C2C(=O)C[C@H]3CC[C@@H](OC1=O)[C@@]23CC. The van der Waals surface area contributed by atoms with E-state index >= 15 is 0 Å². The van der Waals surface area contributed by atoms with Crippen LogP contribution in [0.25, 0.3) is 0 Å². The Kier molecular flexibility index (Phi) is 3.03. The first-order valence-corrected chi connectivity index (χ1v) is 7.63. The van der Waals surface area contributed by atoms with E-state index in [9.17, 15) is 9.59 Å². The van der Waals surface area contributed by atoms with Gasteiger partial charge in [-0.3, -0.25) is 4.79 Å². The number of Topliss-reactive ketones (excluding diaryl/α,β-unsaturated/α-hetero) is 1. The first-order chi connectivity index (χ1) is 9.15. The zero-order valence-electron chi connectivity index (χ0n) is 11.8. The van der Waals surface area contributed by atoms with Crippen molar-refractivity contribution in [1.29, 1.82) is 0 Å². The van der Waals surface area contributed by atoms with Gasteiger partial charge in [0, 0.05) is 23.0 Å². The molecule has 0 unspecified atom stereocenters. The fourth-order valence-electron chi connectivity index (χ4n) is 4.55. The maximum absolute atomic E-state index is 12.4. The molecule has 0 aromatic carbocycles. The Balaban J connectivity index is 2.11. The molecule has 0 aromatic rings. The third-order valence-electron chi connectivity index (χ3n) is 5.42. The molecule has 0 spiro atoms. The van der Waals surface area contributed by atoms with E-state index < -0.39 is 0 Å². The number of hydrogen-bond acceptors (Lipinski definition) is 3. The molecule has 1 aliphatic heterocycles. The van der Waals surface area contributed by atoms with Gasteiger partial charge >= 0.3 is 5.97 Å². The summed E-state index contributed by atoms with van der Waals surface area (Å²) in [6.45, 7) is 4.24. The van der Waals surface area contributed by atoms with Crippen molar-refractivity contribution in [2.24, 2.45) is 11.3 Å². The van der Waals surface area contributed by atoms with Gasteiger partial charge in [-0.15, -0.1) is 0 Å². The van der Waals surface area contributed by atoms with E-state index in [1.807, 2.05) is 0 Å². The molecule has 0 bridgehead atoms. The molecule has 0 radical (unpaired) electrons. The normalized spacial score (nSPS) is 36.7. The van der Waals surface area contributed by atoms with Crippen molar-refractivity contribution in [3.8, 4) is 0 Å². The van der Waals surface area contributed by atoms with Crippen LogP contribution in [0.5, 0.6) is 0 Å². The van der Waals surface area contributed by atoms with E-state index in [-0.39, 0.29) is 23.3 Å². The molecule has 2 fully saturated rings. The van der Waals surface area contributed by atoms with Crippen molar-refractivity contribution in [2.45, 2.75) is 64.9 Å². The lowest BCUT2D eigenvalue weighted by Crippen LogP contribution is -2.42. The van der Waals surface area contributed by atoms with Crippen molar-refractivity contribution in [3.63, 3.8) is 0 Å². The van der Waals surface area contributed by atoms with Crippen molar-refractivity contribution in [1.82, 2.24) is 0 Å². The smallest absolute Gasteiger partial charge is 0.334 e. The van der Waals surface area contributed by atoms with Crippen molar-refractivity contribution in [3.05, 3.63) is 11.1 Å². The van der Waals surface area contributed by atoms with Gasteiger partial charge in [0.1, 0.15) is 6.10 Å². The van der Waals surface area contributed by atoms with E-state index in [1.54, 1.807) is 0 Å². The van der Waals surface area contributed by atoms with Crippen LogP contribution in [0.15, 0.2) is 11.1 Å².